The van der Waals surface area contributed by atoms with Gasteiger partial charge in [-0.1, -0.05) is 17.7 Å². The molecule has 1 aromatic carbocycles. The van der Waals surface area contributed by atoms with Crippen molar-refractivity contribution in [1.29, 1.82) is 0 Å². The van der Waals surface area contributed by atoms with Crippen LogP contribution in [0.5, 0.6) is 0 Å². The Hall–Kier alpha value is -1.40. The quantitative estimate of drug-likeness (QED) is 0.910. The lowest BCUT2D eigenvalue weighted by Gasteiger charge is -2.30. The van der Waals surface area contributed by atoms with E-state index >= 15 is 0 Å². The number of piperidine rings is 1. The predicted molar refractivity (Wildman–Crippen MR) is 78.1 cm³/mol. The zero-order valence-electron chi connectivity index (χ0n) is 11.8. The van der Waals surface area contributed by atoms with Gasteiger partial charge in [0, 0.05) is 24.7 Å². The molecule has 0 bridgehead atoms. The maximum atomic E-state index is 12.1. The summed E-state index contributed by atoms with van der Waals surface area (Å²) in [6.45, 7) is 2.91. The van der Waals surface area contributed by atoms with E-state index in [0.717, 1.165) is 5.56 Å². The van der Waals surface area contributed by atoms with Crippen LogP contribution < -0.4 is 5.32 Å². The smallest absolute Gasteiger partial charge is 0.251 e. The summed E-state index contributed by atoms with van der Waals surface area (Å²) in [5.74, 6) is -0.0946. The molecular weight excluding hydrogens is 276 g/mol. The molecule has 20 heavy (non-hydrogen) atoms. The predicted octanol–water partition coefficient (Wildman–Crippen LogP) is 1.15. The highest BCUT2D eigenvalue weighted by atomic mass is 32.2. The molecule has 0 spiro atoms. The number of sulfonamides is 1. The van der Waals surface area contributed by atoms with Crippen molar-refractivity contribution in [3.8, 4) is 0 Å². The van der Waals surface area contributed by atoms with Crippen molar-refractivity contribution < 1.29 is 13.2 Å². The first-order chi connectivity index (χ1) is 9.36. The molecule has 0 unspecified atom stereocenters. The van der Waals surface area contributed by atoms with E-state index in [9.17, 15) is 13.2 Å². The van der Waals surface area contributed by atoms with Crippen molar-refractivity contribution in [3.63, 3.8) is 0 Å². The van der Waals surface area contributed by atoms with Crippen molar-refractivity contribution in [3.05, 3.63) is 35.4 Å². The number of rotatable bonds is 3. The van der Waals surface area contributed by atoms with Crippen LogP contribution in [0.25, 0.3) is 0 Å². The van der Waals surface area contributed by atoms with Crippen LogP contribution in [-0.4, -0.2) is 44.0 Å². The van der Waals surface area contributed by atoms with Gasteiger partial charge in [-0.25, -0.2) is 12.7 Å². The largest absolute Gasteiger partial charge is 0.349 e. The Morgan fingerprint density at radius 2 is 1.75 bits per heavy atom. The van der Waals surface area contributed by atoms with Crippen molar-refractivity contribution in [1.82, 2.24) is 9.62 Å². The Labute approximate surface area is 120 Å². The van der Waals surface area contributed by atoms with E-state index in [1.807, 2.05) is 19.1 Å². The van der Waals surface area contributed by atoms with E-state index in [4.69, 9.17) is 0 Å². The van der Waals surface area contributed by atoms with Crippen LogP contribution in [0.3, 0.4) is 0 Å². The highest BCUT2D eigenvalue weighted by molar-refractivity contribution is 7.88. The number of hydrogen-bond donors (Lipinski definition) is 1. The molecule has 1 N–H and O–H groups in total. The van der Waals surface area contributed by atoms with Crippen LogP contribution in [0, 0.1) is 6.92 Å². The molecule has 5 nitrogen and oxygen atoms in total. The van der Waals surface area contributed by atoms with Crippen molar-refractivity contribution >= 4 is 15.9 Å². The number of carbonyl (C=O) groups is 1. The third kappa shape index (κ3) is 3.80. The molecule has 1 aliphatic rings. The number of amides is 1. The molecule has 110 valence electrons. The van der Waals surface area contributed by atoms with Gasteiger partial charge < -0.3 is 5.32 Å². The van der Waals surface area contributed by atoms with Crippen LogP contribution in [0.4, 0.5) is 0 Å². The average Bonchev–Trinajstić information content (AvgIpc) is 2.39. The highest BCUT2D eigenvalue weighted by Crippen LogP contribution is 2.14. The van der Waals surface area contributed by atoms with Crippen LogP contribution >= 0.6 is 0 Å². The van der Waals surface area contributed by atoms with Gasteiger partial charge in [0.2, 0.25) is 10.0 Å². The molecule has 1 fully saturated rings. The van der Waals surface area contributed by atoms with Gasteiger partial charge in [-0.15, -0.1) is 0 Å². The van der Waals surface area contributed by atoms with E-state index in [1.54, 1.807) is 12.1 Å². The summed E-state index contributed by atoms with van der Waals surface area (Å²) in [5.41, 5.74) is 1.75. The summed E-state index contributed by atoms with van der Waals surface area (Å²) in [5, 5.41) is 2.97. The molecule has 1 aliphatic heterocycles. The van der Waals surface area contributed by atoms with Crippen LogP contribution in [0.2, 0.25) is 0 Å². The van der Waals surface area contributed by atoms with Crippen LogP contribution in [0.1, 0.15) is 28.8 Å². The summed E-state index contributed by atoms with van der Waals surface area (Å²) in [6, 6.07) is 7.45. The third-order valence-electron chi connectivity index (χ3n) is 3.57. The SMILES string of the molecule is Cc1ccc(C(=O)NC2CCN(S(C)(=O)=O)CC2)cc1. The van der Waals surface area contributed by atoms with Crippen molar-refractivity contribution in [2.24, 2.45) is 0 Å². The van der Waals surface area contributed by atoms with E-state index in [1.165, 1.54) is 10.6 Å². The minimum absolute atomic E-state index is 0.0433. The van der Waals surface area contributed by atoms with E-state index in [-0.39, 0.29) is 11.9 Å². The maximum absolute atomic E-state index is 12.1. The Kier molecular flexibility index (Phi) is 4.45. The highest BCUT2D eigenvalue weighted by Gasteiger charge is 2.25. The van der Waals surface area contributed by atoms with Crippen LogP contribution in [0.15, 0.2) is 24.3 Å². The van der Waals surface area contributed by atoms with Gasteiger partial charge in [-0.2, -0.15) is 0 Å². The van der Waals surface area contributed by atoms with Crippen molar-refractivity contribution in [2.75, 3.05) is 19.3 Å². The Bertz CT molecular complexity index is 573. The zero-order chi connectivity index (χ0) is 14.8. The Morgan fingerprint density at radius 3 is 2.25 bits per heavy atom. The van der Waals surface area contributed by atoms with Gasteiger partial charge >= 0.3 is 0 Å². The third-order valence-corrected chi connectivity index (χ3v) is 4.88. The first-order valence-corrected chi connectivity index (χ1v) is 8.54. The summed E-state index contributed by atoms with van der Waals surface area (Å²) in [6.07, 6.45) is 2.54. The van der Waals surface area contributed by atoms with Gasteiger partial charge in [-0.05, 0) is 31.9 Å². The molecule has 6 heteroatoms. The standard InChI is InChI=1S/C14H20N2O3S/c1-11-3-5-12(6-4-11)14(17)15-13-7-9-16(10-8-13)20(2,18)19/h3-6,13H,7-10H2,1-2H3,(H,15,17). The fourth-order valence-electron chi connectivity index (χ4n) is 2.31. The number of carbonyl (C=O) groups excluding carboxylic acids is 1. The van der Waals surface area contributed by atoms with Gasteiger partial charge in [0.15, 0.2) is 0 Å². The van der Waals surface area contributed by atoms with Crippen molar-refractivity contribution in [2.45, 2.75) is 25.8 Å². The van der Waals surface area contributed by atoms with E-state index in [0.29, 0.717) is 31.5 Å². The molecule has 0 aromatic heterocycles. The van der Waals surface area contributed by atoms with E-state index < -0.39 is 10.0 Å². The fraction of sp³-hybridized carbons (Fsp3) is 0.500. The lowest BCUT2D eigenvalue weighted by atomic mass is 10.1. The molecule has 0 atom stereocenters. The maximum Gasteiger partial charge on any atom is 0.251 e. The first kappa shape index (κ1) is 15.0. The molecular formula is C14H20N2O3S. The van der Waals surface area contributed by atoms with Gasteiger partial charge in [0.1, 0.15) is 0 Å². The average molecular weight is 296 g/mol. The molecule has 0 saturated carbocycles. The van der Waals surface area contributed by atoms with Gasteiger partial charge in [0.05, 0.1) is 6.26 Å². The van der Waals surface area contributed by atoms with E-state index in [2.05, 4.69) is 5.32 Å². The monoisotopic (exact) mass is 296 g/mol. The molecule has 1 amide bonds. The molecule has 1 heterocycles. The molecule has 2 rings (SSSR count). The topological polar surface area (TPSA) is 66.5 Å². The number of nitrogens with zero attached hydrogens (tertiary/aromatic N) is 1. The Balaban J connectivity index is 1.89. The zero-order valence-corrected chi connectivity index (χ0v) is 12.6. The van der Waals surface area contributed by atoms with Crippen LogP contribution in [-0.2, 0) is 10.0 Å². The lowest BCUT2D eigenvalue weighted by molar-refractivity contribution is 0.0924. The second kappa shape index (κ2) is 5.93. The molecule has 0 radical (unpaired) electrons. The molecule has 0 aliphatic carbocycles. The minimum atomic E-state index is -3.11. The summed E-state index contributed by atoms with van der Waals surface area (Å²) in [7, 11) is -3.11. The summed E-state index contributed by atoms with van der Waals surface area (Å²) < 4.78 is 24.3. The summed E-state index contributed by atoms with van der Waals surface area (Å²) >= 11 is 0. The number of aryl methyl sites for hydroxylation is 1. The molecule has 1 saturated heterocycles. The fourth-order valence-corrected chi connectivity index (χ4v) is 3.18. The number of hydrogen-bond acceptors (Lipinski definition) is 3. The normalized spacial score (nSPS) is 17.9. The lowest BCUT2D eigenvalue weighted by Crippen LogP contribution is -2.46. The van der Waals surface area contributed by atoms with Gasteiger partial charge in [0.25, 0.3) is 5.91 Å². The Morgan fingerprint density at radius 1 is 1.20 bits per heavy atom. The second-order valence-electron chi connectivity index (χ2n) is 5.28. The first-order valence-electron chi connectivity index (χ1n) is 6.69. The number of nitrogens with one attached hydrogen (secondary N) is 1. The molecule has 1 aromatic rings. The second-order valence-corrected chi connectivity index (χ2v) is 7.26. The minimum Gasteiger partial charge on any atom is -0.349 e. The summed E-state index contributed by atoms with van der Waals surface area (Å²) in [4.78, 5) is 12.1. The number of benzene rings is 1. The van der Waals surface area contributed by atoms with Gasteiger partial charge in [-0.3, -0.25) is 4.79 Å².